The summed E-state index contributed by atoms with van der Waals surface area (Å²) < 4.78 is 0. The summed E-state index contributed by atoms with van der Waals surface area (Å²) in [5.74, 6) is 0. The van der Waals surface area contributed by atoms with Crippen molar-refractivity contribution in [2.45, 2.75) is 38.5 Å². The summed E-state index contributed by atoms with van der Waals surface area (Å²) in [5.41, 5.74) is 20.8. The van der Waals surface area contributed by atoms with Gasteiger partial charge in [0.1, 0.15) is 0 Å². The van der Waals surface area contributed by atoms with Crippen LogP contribution in [0.4, 0.5) is 34.1 Å². The Morgan fingerprint density at radius 1 is 0.306 bits per heavy atom. The molecule has 0 unspecified atom stereocenters. The number of benzene rings is 8. The van der Waals surface area contributed by atoms with Gasteiger partial charge in [0.2, 0.25) is 0 Å². The van der Waals surface area contributed by atoms with Crippen molar-refractivity contribution < 1.29 is 0 Å². The minimum Gasteiger partial charge on any atom is -0.310 e. The standard InChI is InChI=1S/C58H46N4/c1-57(2)51-21-13-11-19-47(51)49-33-31-45(37-53(49)57)61(41-15-7-5-8-16-41)43-27-23-39(24-28-43)55-56(60-36-35-59-55)40-25-29-44(30-26-40)62(42-17-9-6-10-18-42)46-32-34-50-48-20-12-14-22-52(48)58(3,4)54(50)38-46/h5-38H,1-4H3. The summed E-state index contributed by atoms with van der Waals surface area (Å²) in [6, 6.07) is 70.2. The molecule has 298 valence electrons. The fourth-order valence-electron chi connectivity index (χ4n) is 10.0. The summed E-state index contributed by atoms with van der Waals surface area (Å²) in [6.07, 6.45) is 3.57. The van der Waals surface area contributed by atoms with Gasteiger partial charge in [0.05, 0.1) is 11.4 Å². The molecule has 9 aromatic rings. The van der Waals surface area contributed by atoms with Crippen LogP contribution in [-0.2, 0) is 10.8 Å². The molecule has 0 saturated heterocycles. The number of anilines is 6. The highest BCUT2D eigenvalue weighted by Crippen LogP contribution is 2.52. The largest absolute Gasteiger partial charge is 0.310 e. The SMILES string of the molecule is CC1(C)c2ccccc2-c2ccc(N(c3ccccc3)c3ccc(-c4nccnc4-c4ccc(N(c5ccccc5)c5ccc6c(c5)C(C)(C)c5ccccc5-6)cc4)cc3)cc21. The lowest BCUT2D eigenvalue weighted by atomic mass is 9.82. The first-order valence-electron chi connectivity index (χ1n) is 21.5. The smallest absolute Gasteiger partial charge is 0.0965 e. The van der Waals surface area contributed by atoms with Gasteiger partial charge in [0.15, 0.2) is 0 Å². The van der Waals surface area contributed by atoms with Crippen LogP contribution < -0.4 is 9.80 Å². The molecule has 2 aliphatic carbocycles. The normalized spacial score (nSPS) is 13.7. The summed E-state index contributed by atoms with van der Waals surface area (Å²) in [7, 11) is 0. The molecule has 0 radical (unpaired) electrons. The van der Waals surface area contributed by atoms with Gasteiger partial charge >= 0.3 is 0 Å². The predicted octanol–water partition coefficient (Wildman–Crippen LogP) is 15.4. The second-order valence-corrected chi connectivity index (χ2v) is 17.5. The molecule has 4 heteroatoms. The van der Waals surface area contributed by atoms with Gasteiger partial charge in [-0.05, 0) is 117 Å². The van der Waals surface area contributed by atoms with Crippen LogP contribution in [0.5, 0.6) is 0 Å². The Balaban J connectivity index is 0.929. The number of para-hydroxylation sites is 2. The van der Waals surface area contributed by atoms with E-state index in [1.165, 1.54) is 44.5 Å². The first-order valence-corrected chi connectivity index (χ1v) is 21.5. The third-order valence-electron chi connectivity index (χ3n) is 13.2. The summed E-state index contributed by atoms with van der Waals surface area (Å²) >= 11 is 0. The molecule has 0 saturated carbocycles. The van der Waals surface area contributed by atoms with Gasteiger partial charge < -0.3 is 9.80 Å². The number of hydrogen-bond donors (Lipinski definition) is 0. The average molecular weight is 799 g/mol. The Labute approximate surface area is 364 Å². The Morgan fingerprint density at radius 3 is 1.03 bits per heavy atom. The number of fused-ring (bicyclic) bond motifs is 6. The van der Waals surface area contributed by atoms with Crippen molar-refractivity contribution in [2.24, 2.45) is 0 Å². The van der Waals surface area contributed by atoms with E-state index in [1.54, 1.807) is 12.4 Å². The Kier molecular flexibility index (Phi) is 8.80. The van der Waals surface area contributed by atoms with Gasteiger partial charge in [0.25, 0.3) is 0 Å². The van der Waals surface area contributed by atoms with E-state index in [2.05, 4.69) is 232 Å². The van der Waals surface area contributed by atoms with E-state index < -0.39 is 0 Å². The Bertz CT molecular complexity index is 2900. The van der Waals surface area contributed by atoms with E-state index in [9.17, 15) is 0 Å². The summed E-state index contributed by atoms with van der Waals surface area (Å²) in [4.78, 5) is 14.5. The molecular formula is C58H46N4. The first kappa shape index (κ1) is 37.4. The number of rotatable bonds is 8. The lowest BCUT2D eigenvalue weighted by molar-refractivity contribution is 0.660. The fraction of sp³-hybridized carbons (Fsp3) is 0.103. The molecular weight excluding hydrogens is 753 g/mol. The summed E-state index contributed by atoms with van der Waals surface area (Å²) in [6.45, 7) is 9.34. The van der Waals surface area contributed by atoms with Crippen LogP contribution in [0.15, 0.2) is 207 Å². The number of aromatic nitrogens is 2. The van der Waals surface area contributed by atoms with E-state index in [4.69, 9.17) is 9.97 Å². The van der Waals surface area contributed by atoms with Gasteiger partial charge in [0, 0.05) is 68.5 Å². The number of nitrogens with zero attached hydrogens (tertiary/aromatic N) is 4. The minimum absolute atomic E-state index is 0.0967. The fourth-order valence-corrected chi connectivity index (χ4v) is 10.0. The molecule has 0 atom stereocenters. The van der Waals surface area contributed by atoms with Crippen LogP contribution in [0.2, 0.25) is 0 Å². The predicted molar refractivity (Wildman–Crippen MR) is 257 cm³/mol. The third kappa shape index (κ3) is 6.05. The molecule has 0 fully saturated rings. The van der Waals surface area contributed by atoms with E-state index in [1.807, 2.05) is 0 Å². The van der Waals surface area contributed by atoms with Crippen molar-refractivity contribution in [1.82, 2.24) is 9.97 Å². The maximum atomic E-state index is 4.92. The average Bonchev–Trinajstić information content (AvgIpc) is 3.69. The Hall–Kier alpha value is -7.56. The molecule has 0 bridgehead atoms. The highest BCUT2D eigenvalue weighted by Gasteiger charge is 2.37. The van der Waals surface area contributed by atoms with Crippen LogP contribution >= 0.6 is 0 Å². The van der Waals surface area contributed by atoms with Crippen molar-refractivity contribution in [1.29, 1.82) is 0 Å². The van der Waals surface area contributed by atoms with E-state index in [0.717, 1.165) is 56.6 Å². The van der Waals surface area contributed by atoms with Crippen molar-refractivity contribution >= 4 is 34.1 Å². The van der Waals surface area contributed by atoms with Crippen molar-refractivity contribution in [3.63, 3.8) is 0 Å². The van der Waals surface area contributed by atoms with E-state index >= 15 is 0 Å². The molecule has 0 N–H and O–H groups in total. The minimum atomic E-state index is -0.0967. The zero-order valence-electron chi connectivity index (χ0n) is 35.4. The summed E-state index contributed by atoms with van der Waals surface area (Å²) in [5, 5.41) is 0. The zero-order valence-corrected chi connectivity index (χ0v) is 35.4. The van der Waals surface area contributed by atoms with Crippen LogP contribution in [0, 0.1) is 0 Å². The van der Waals surface area contributed by atoms with Crippen molar-refractivity contribution in [3.8, 4) is 44.8 Å². The van der Waals surface area contributed by atoms with Crippen molar-refractivity contribution in [2.75, 3.05) is 9.80 Å². The number of hydrogen-bond acceptors (Lipinski definition) is 4. The van der Waals surface area contributed by atoms with E-state index in [-0.39, 0.29) is 10.8 Å². The molecule has 62 heavy (non-hydrogen) atoms. The molecule has 0 aliphatic heterocycles. The molecule has 0 spiro atoms. The second kappa shape index (κ2) is 14.6. The quantitative estimate of drug-likeness (QED) is 0.153. The van der Waals surface area contributed by atoms with Crippen molar-refractivity contribution in [3.05, 3.63) is 229 Å². The maximum absolute atomic E-state index is 4.92. The second-order valence-electron chi connectivity index (χ2n) is 17.5. The molecule has 1 aromatic heterocycles. The molecule has 1 heterocycles. The molecule has 11 rings (SSSR count). The lowest BCUT2D eigenvalue weighted by Gasteiger charge is -2.28. The monoisotopic (exact) mass is 798 g/mol. The third-order valence-corrected chi connectivity index (χ3v) is 13.2. The molecule has 0 amide bonds. The van der Waals surface area contributed by atoms with E-state index in [0.29, 0.717) is 0 Å². The van der Waals surface area contributed by atoms with Gasteiger partial charge in [-0.15, -0.1) is 0 Å². The van der Waals surface area contributed by atoms with Crippen LogP contribution in [0.25, 0.3) is 44.8 Å². The van der Waals surface area contributed by atoms with Crippen LogP contribution in [0.1, 0.15) is 49.9 Å². The molecule has 8 aromatic carbocycles. The van der Waals surface area contributed by atoms with Crippen LogP contribution in [-0.4, -0.2) is 9.97 Å². The highest BCUT2D eigenvalue weighted by molar-refractivity contribution is 5.88. The zero-order chi connectivity index (χ0) is 42.0. The van der Waals surface area contributed by atoms with Gasteiger partial charge in [-0.1, -0.05) is 149 Å². The molecule has 4 nitrogen and oxygen atoms in total. The van der Waals surface area contributed by atoms with Gasteiger partial charge in [-0.25, -0.2) is 0 Å². The highest BCUT2D eigenvalue weighted by atomic mass is 15.1. The van der Waals surface area contributed by atoms with Crippen LogP contribution in [0.3, 0.4) is 0 Å². The van der Waals surface area contributed by atoms with Gasteiger partial charge in [-0.2, -0.15) is 0 Å². The first-order chi connectivity index (χ1) is 30.3. The Morgan fingerprint density at radius 2 is 0.629 bits per heavy atom. The molecule has 2 aliphatic rings. The maximum Gasteiger partial charge on any atom is 0.0965 e. The topological polar surface area (TPSA) is 32.3 Å². The van der Waals surface area contributed by atoms with Gasteiger partial charge in [-0.3, -0.25) is 9.97 Å². The lowest BCUT2D eigenvalue weighted by Crippen LogP contribution is -2.16.